The second-order valence-corrected chi connectivity index (χ2v) is 10.6. The zero-order valence-corrected chi connectivity index (χ0v) is 18.8. The minimum absolute atomic E-state index is 0.0624. The molecular weight excluding hydrogens is 443 g/mol. The lowest BCUT2D eigenvalue weighted by Crippen LogP contribution is -2.46. The van der Waals surface area contributed by atoms with Gasteiger partial charge in [0.1, 0.15) is 0 Å². The summed E-state index contributed by atoms with van der Waals surface area (Å²) in [7, 11) is 0. The molecule has 0 spiro atoms. The molecule has 0 radical (unpaired) electrons. The van der Waals surface area contributed by atoms with E-state index in [-0.39, 0.29) is 52.6 Å². The number of hydrogen-bond donors (Lipinski definition) is 3. The fraction of sp³-hybridized carbons (Fsp3) is 0.478. The fourth-order valence-electron chi connectivity index (χ4n) is 6.03. The Bertz CT molecular complexity index is 1150. The molecule has 0 saturated heterocycles. The van der Waals surface area contributed by atoms with Gasteiger partial charge >= 0.3 is 0 Å². The molecule has 0 unspecified atom stereocenters. The van der Waals surface area contributed by atoms with Crippen molar-refractivity contribution in [3.8, 4) is 0 Å². The molecule has 3 heterocycles. The summed E-state index contributed by atoms with van der Waals surface area (Å²) in [6.07, 6.45) is 3.65. The second-order valence-electron chi connectivity index (χ2n) is 9.41. The number of rotatable bonds is 1. The van der Waals surface area contributed by atoms with Gasteiger partial charge in [-0.05, 0) is 54.4 Å². The Morgan fingerprint density at radius 1 is 1.27 bits per heavy atom. The molecule has 33 heavy (non-hydrogen) atoms. The molecule has 2 aliphatic heterocycles. The van der Waals surface area contributed by atoms with E-state index in [1.807, 2.05) is 17.0 Å². The van der Waals surface area contributed by atoms with E-state index in [2.05, 4.69) is 26.7 Å². The lowest BCUT2D eigenvalue weighted by atomic mass is 9.83. The van der Waals surface area contributed by atoms with Gasteiger partial charge in [0.2, 0.25) is 17.8 Å². The van der Waals surface area contributed by atoms with Crippen LogP contribution < -0.4 is 16.4 Å². The predicted octanol–water partition coefficient (Wildman–Crippen LogP) is 2.28. The predicted molar refractivity (Wildman–Crippen MR) is 123 cm³/mol. The minimum Gasteiger partial charge on any atom is -0.369 e. The van der Waals surface area contributed by atoms with Crippen molar-refractivity contribution in [2.24, 2.45) is 23.5 Å². The van der Waals surface area contributed by atoms with E-state index in [0.29, 0.717) is 18.8 Å². The number of carbonyl (C=O) groups is 2. The van der Waals surface area contributed by atoms with E-state index in [4.69, 9.17) is 5.73 Å². The van der Waals surface area contributed by atoms with Crippen LogP contribution in [-0.4, -0.2) is 50.3 Å². The number of anilines is 3. The Morgan fingerprint density at radius 3 is 3.00 bits per heavy atom. The lowest BCUT2D eigenvalue weighted by Gasteiger charge is -2.35. The highest BCUT2D eigenvalue weighted by molar-refractivity contribution is 8.00. The van der Waals surface area contributed by atoms with Gasteiger partial charge in [0.15, 0.2) is 11.6 Å². The highest BCUT2D eigenvalue weighted by atomic mass is 32.2. The lowest BCUT2D eigenvalue weighted by molar-refractivity contribution is -0.129. The molecule has 10 heteroatoms. The van der Waals surface area contributed by atoms with Gasteiger partial charge in [0.05, 0.1) is 17.9 Å². The first-order chi connectivity index (χ1) is 16.0. The molecule has 7 bridgehead atoms. The molecule has 2 fully saturated rings. The molecule has 5 atom stereocenters. The Hall–Kier alpha value is -2.88. The first kappa shape index (κ1) is 20.7. The monoisotopic (exact) mass is 468 g/mol. The van der Waals surface area contributed by atoms with Gasteiger partial charge in [-0.1, -0.05) is 6.07 Å². The number of fused-ring (bicyclic) bond motifs is 5. The third-order valence-corrected chi connectivity index (χ3v) is 8.95. The standard InChI is InChI=1S/C23H25FN6O2S/c24-16-8-26-23-27-14-2-1-11-3-4-30(9-13(11)5-14)18(31)10-33-17-7-12-6-15(17)20(19(12)21(25)32)28-22(16)29-23/h1-2,5,8,12,15,17,19-20H,3-4,6-7,9-10H2,(H2,25,32)(H2,26,27,28,29)/t12-,15-,17-,19+,20-/m1/s1. The number of hydrogen-bond acceptors (Lipinski definition) is 7. The van der Waals surface area contributed by atoms with Gasteiger partial charge in [0.25, 0.3) is 0 Å². The van der Waals surface area contributed by atoms with Crippen LogP contribution in [0.3, 0.4) is 0 Å². The summed E-state index contributed by atoms with van der Waals surface area (Å²) in [5, 5.41) is 6.56. The normalized spacial score (nSPS) is 30.2. The van der Waals surface area contributed by atoms with Gasteiger partial charge in [-0.2, -0.15) is 4.98 Å². The summed E-state index contributed by atoms with van der Waals surface area (Å²) in [6, 6.07) is 5.67. The third kappa shape index (κ3) is 3.60. The first-order valence-electron chi connectivity index (χ1n) is 11.3. The average Bonchev–Trinajstić information content (AvgIpc) is 3.37. The molecule has 2 saturated carbocycles. The number of nitrogens with zero attached hydrogens (tertiary/aromatic N) is 3. The van der Waals surface area contributed by atoms with E-state index in [9.17, 15) is 14.0 Å². The van der Waals surface area contributed by atoms with Gasteiger partial charge in [-0.3, -0.25) is 9.59 Å². The largest absolute Gasteiger partial charge is 0.369 e. The molecule has 1 aromatic heterocycles. The summed E-state index contributed by atoms with van der Waals surface area (Å²) >= 11 is 1.65. The summed E-state index contributed by atoms with van der Waals surface area (Å²) < 4.78 is 14.7. The zero-order chi connectivity index (χ0) is 22.7. The molecule has 172 valence electrons. The van der Waals surface area contributed by atoms with Crippen LogP contribution in [0.4, 0.5) is 21.8 Å². The van der Waals surface area contributed by atoms with Gasteiger partial charge < -0.3 is 21.3 Å². The Kier molecular flexibility index (Phi) is 4.93. The van der Waals surface area contributed by atoms with Gasteiger partial charge in [-0.25, -0.2) is 9.37 Å². The van der Waals surface area contributed by atoms with Crippen LogP contribution in [0, 0.1) is 23.6 Å². The van der Waals surface area contributed by atoms with Crippen molar-refractivity contribution in [3.63, 3.8) is 0 Å². The first-order valence-corrected chi connectivity index (χ1v) is 12.4. The number of primary amides is 1. The van der Waals surface area contributed by atoms with Crippen LogP contribution in [0.1, 0.15) is 24.0 Å². The highest BCUT2D eigenvalue weighted by Crippen LogP contribution is 2.53. The van der Waals surface area contributed by atoms with Crippen molar-refractivity contribution in [2.45, 2.75) is 37.1 Å². The molecule has 2 amide bonds. The average molecular weight is 469 g/mol. The van der Waals surface area contributed by atoms with Gasteiger partial charge in [0, 0.05) is 30.1 Å². The molecule has 6 rings (SSSR count). The fourth-order valence-corrected chi connectivity index (χ4v) is 7.48. The molecule has 1 aromatic carbocycles. The maximum absolute atomic E-state index is 14.7. The number of benzene rings is 1. The van der Waals surface area contributed by atoms with Crippen molar-refractivity contribution in [2.75, 3.05) is 22.9 Å². The summed E-state index contributed by atoms with van der Waals surface area (Å²) in [6.45, 7) is 1.29. The van der Waals surface area contributed by atoms with Crippen LogP contribution in [0.25, 0.3) is 0 Å². The van der Waals surface area contributed by atoms with E-state index < -0.39 is 5.82 Å². The van der Waals surface area contributed by atoms with Crippen molar-refractivity contribution >= 4 is 41.0 Å². The van der Waals surface area contributed by atoms with Crippen molar-refractivity contribution in [3.05, 3.63) is 41.3 Å². The molecule has 4 N–H and O–H groups in total. The van der Waals surface area contributed by atoms with E-state index in [0.717, 1.165) is 36.7 Å². The number of amides is 2. The number of carbonyl (C=O) groups excluding carboxylic acids is 2. The molecule has 2 aromatic rings. The van der Waals surface area contributed by atoms with Crippen LogP contribution in [0.2, 0.25) is 0 Å². The quantitative estimate of drug-likeness (QED) is 0.588. The van der Waals surface area contributed by atoms with E-state index in [1.165, 1.54) is 5.56 Å². The summed E-state index contributed by atoms with van der Waals surface area (Å²) in [5.74, 6) is -0.219. The van der Waals surface area contributed by atoms with Crippen molar-refractivity contribution < 1.29 is 14.0 Å². The summed E-state index contributed by atoms with van der Waals surface area (Å²) in [4.78, 5) is 35.7. The SMILES string of the molecule is NC(=O)[C@H]1[C@@H]2C[C@H]3[C@H]1Nc1nc(ncc1F)Nc1ccc4c(c1)CN(CC4)C(=O)CS[C@@H]3C2. The van der Waals surface area contributed by atoms with Gasteiger partial charge in [-0.15, -0.1) is 11.8 Å². The molecule has 2 aliphatic carbocycles. The topological polar surface area (TPSA) is 113 Å². The van der Waals surface area contributed by atoms with E-state index >= 15 is 0 Å². The van der Waals surface area contributed by atoms with Crippen LogP contribution in [-0.2, 0) is 22.6 Å². The summed E-state index contributed by atoms with van der Waals surface area (Å²) in [5.41, 5.74) is 8.85. The number of thioether (sulfide) groups is 1. The van der Waals surface area contributed by atoms with E-state index in [1.54, 1.807) is 11.8 Å². The molecule has 4 aliphatic rings. The second kappa shape index (κ2) is 7.86. The molecule has 8 nitrogen and oxygen atoms in total. The maximum Gasteiger partial charge on any atom is 0.232 e. The Labute approximate surface area is 194 Å². The number of halogens is 1. The highest BCUT2D eigenvalue weighted by Gasteiger charge is 2.55. The van der Waals surface area contributed by atoms with Crippen molar-refractivity contribution in [1.29, 1.82) is 0 Å². The zero-order valence-electron chi connectivity index (χ0n) is 18.0. The third-order valence-electron chi connectivity index (χ3n) is 7.57. The number of aromatic nitrogens is 2. The van der Waals surface area contributed by atoms with Crippen molar-refractivity contribution in [1.82, 2.24) is 14.9 Å². The Morgan fingerprint density at radius 2 is 2.15 bits per heavy atom. The van der Waals surface area contributed by atoms with Crippen LogP contribution >= 0.6 is 11.8 Å². The smallest absolute Gasteiger partial charge is 0.232 e. The number of nitrogens with one attached hydrogen (secondary N) is 2. The maximum atomic E-state index is 14.7. The molecular formula is C23H25FN6O2S. The Balaban J connectivity index is 1.39. The van der Waals surface area contributed by atoms with Crippen LogP contribution in [0.5, 0.6) is 0 Å². The van der Waals surface area contributed by atoms with Crippen LogP contribution in [0.15, 0.2) is 24.4 Å². The minimum atomic E-state index is -0.576. The number of nitrogens with two attached hydrogens (primary N) is 1.